The number of hydrogen-bond acceptors (Lipinski definition) is 4. The lowest BCUT2D eigenvalue weighted by Crippen LogP contribution is -2.01. The summed E-state index contributed by atoms with van der Waals surface area (Å²) >= 11 is 0. The van der Waals surface area contributed by atoms with Crippen LogP contribution in [0.15, 0.2) is 35.5 Å². The molecule has 0 saturated heterocycles. The summed E-state index contributed by atoms with van der Waals surface area (Å²) in [5.74, 6) is 0. The van der Waals surface area contributed by atoms with Crippen molar-refractivity contribution in [2.45, 2.75) is 18.4 Å². The molecule has 1 heterocycles. The predicted octanol–water partition coefficient (Wildman–Crippen LogP) is 1.04. The average Bonchev–Trinajstić information content (AvgIpc) is 2.77. The lowest BCUT2D eigenvalue weighted by atomic mass is 10.1. The number of sulfone groups is 1. The van der Waals surface area contributed by atoms with Crippen molar-refractivity contribution < 1.29 is 8.42 Å². The molecule has 2 N–H and O–H groups in total. The van der Waals surface area contributed by atoms with Gasteiger partial charge in [0.25, 0.3) is 0 Å². The van der Waals surface area contributed by atoms with Crippen molar-refractivity contribution in [3.05, 3.63) is 41.7 Å². The van der Waals surface area contributed by atoms with Crippen LogP contribution in [-0.2, 0) is 16.4 Å². The van der Waals surface area contributed by atoms with Gasteiger partial charge >= 0.3 is 0 Å². The predicted molar refractivity (Wildman–Crippen MR) is 69.3 cm³/mol. The first kappa shape index (κ1) is 12.8. The van der Waals surface area contributed by atoms with Crippen LogP contribution in [0, 0.1) is 6.92 Å². The first-order valence-electron chi connectivity index (χ1n) is 5.46. The first-order chi connectivity index (χ1) is 8.41. The molecule has 6 heteroatoms. The number of aromatic nitrogens is 2. The van der Waals surface area contributed by atoms with Crippen LogP contribution in [0.1, 0.15) is 11.1 Å². The molecule has 0 bridgehead atoms. The van der Waals surface area contributed by atoms with Crippen LogP contribution in [0.4, 0.5) is 0 Å². The zero-order chi connectivity index (χ0) is 13.3. The van der Waals surface area contributed by atoms with Gasteiger partial charge in [-0.15, -0.1) is 0 Å². The number of rotatable bonds is 3. The molecule has 1 aromatic heterocycles. The summed E-state index contributed by atoms with van der Waals surface area (Å²) in [6, 6.07) is 5.76. The quantitative estimate of drug-likeness (QED) is 0.899. The van der Waals surface area contributed by atoms with E-state index in [0.717, 1.165) is 16.8 Å². The summed E-state index contributed by atoms with van der Waals surface area (Å²) in [4.78, 5) is 0.213. The topological polar surface area (TPSA) is 78.0 Å². The molecule has 96 valence electrons. The Kier molecular flexibility index (Phi) is 3.23. The molecule has 18 heavy (non-hydrogen) atoms. The Bertz CT molecular complexity index is 674. The highest BCUT2D eigenvalue weighted by Gasteiger charge is 2.11. The Balaban J connectivity index is 2.47. The van der Waals surface area contributed by atoms with Gasteiger partial charge in [0.15, 0.2) is 9.84 Å². The Hall–Kier alpha value is -1.66. The van der Waals surface area contributed by atoms with E-state index in [2.05, 4.69) is 5.10 Å². The van der Waals surface area contributed by atoms with E-state index in [-0.39, 0.29) is 4.90 Å². The molecule has 0 atom stereocenters. The third kappa shape index (κ3) is 2.44. The lowest BCUT2D eigenvalue weighted by molar-refractivity contribution is 0.602. The minimum Gasteiger partial charge on any atom is -0.326 e. The molecule has 0 radical (unpaired) electrons. The Morgan fingerprint density at radius 1 is 1.39 bits per heavy atom. The van der Waals surface area contributed by atoms with Gasteiger partial charge in [-0.3, -0.25) is 0 Å². The molecule has 2 aromatic rings. The molecule has 2 rings (SSSR count). The second kappa shape index (κ2) is 4.55. The molecule has 0 amide bonds. The van der Waals surface area contributed by atoms with Gasteiger partial charge in [-0.25, -0.2) is 13.1 Å². The average molecular weight is 265 g/mol. The van der Waals surface area contributed by atoms with Crippen LogP contribution < -0.4 is 5.73 Å². The summed E-state index contributed by atoms with van der Waals surface area (Å²) in [6.45, 7) is 2.42. The minimum atomic E-state index is -3.22. The summed E-state index contributed by atoms with van der Waals surface area (Å²) in [5, 5.41) is 4.08. The molecule has 0 unspecified atom stereocenters. The van der Waals surface area contributed by atoms with Crippen LogP contribution in [0.5, 0.6) is 0 Å². The zero-order valence-corrected chi connectivity index (χ0v) is 11.1. The fourth-order valence-electron chi connectivity index (χ4n) is 1.73. The van der Waals surface area contributed by atoms with E-state index < -0.39 is 9.84 Å². The highest BCUT2D eigenvalue weighted by molar-refractivity contribution is 7.90. The van der Waals surface area contributed by atoms with Crippen LogP contribution in [0.2, 0.25) is 0 Å². The number of aryl methyl sites for hydroxylation is 1. The Morgan fingerprint density at radius 2 is 2.11 bits per heavy atom. The standard InChI is InChI=1S/C12H15N3O2S/c1-9-5-10(6-13)3-4-12(9)15-8-11(7-14-15)18(2,16)17/h3-5,7-8H,6,13H2,1-2H3. The van der Waals surface area contributed by atoms with E-state index in [4.69, 9.17) is 5.73 Å². The van der Waals surface area contributed by atoms with Gasteiger partial charge in [0.2, 0.25) is 0 Å². The highest BCUT2D eigenvalue weighted by atomic mass is 32.2. The fraction of sp³-hybridized carbons (Fsp3) is 0.250. The molecule has 0 spiro atoms. The maximum Gasteiger partial charge on any atom is 0.178 e. The molecule has 0 aliphatic heterocycles. The summed E-state index contributed by atoms with van der Waals surface area (Å²) in [5.41, 5.74) is 8.45. The molecule has 5 nitrogen and oxygen atoms in total. The maximum atomic E-state index is 11.4. The van der Waals surface area contributed by atoms with Crippen LogP contribution in [0.25, 0.3) is 5.69 Å². The third-order valence-electron chi connectivity index (χ3n) is 2.73. The van der Waals surface area contributed by atoms with Gasteiger partial charge < -0.3 is 5.73 Å². The van der Waals surface area contributed by atoms with Crippen molar-refractivity contribution in [1.82, 2.24) is 9.78 Å². The monoisotopic (exact) mass is 265 g/mol. The smallest absolute Gasteiger partial charge is 0.178 e. The van der Waals surface area contributed by atoms with Gasteiger partial charge in [-0.05, 0) is 24.1 Å². The second-order valence-electron chi connectivity index (χ2n) is 4.22. The van der Waals surface area contributed by atoms with E-state index >= 15 is 0 Å². The first-order valence-corrected chi connectivity index (χ1v) is 7.35. The van der Waals surface area contributed by atoms with Crippen molar-refractivity contribution in [2.24, 2.45) is 5.73 Å². The molecule has 0 aliphatic rings. The molecule has 0 saturated carbocycles. The second-order valence-corrected chi connectivity index (χ2v) is 6.23. The third-order valence-corrected chi connectivity index (χ3v) is 3.80. The van der Waals surface area contributed by atoms with Gasteiger partial charge in [0.1, 0.15) is 4.90 Å². The highest BCUT2D eigenvalue weighted by Crippen LogP contribution is 2.17. The fourth-order valence-corrected chi connectivity index (χ4v) is 2.26. The molecular formula is C12H15N3O2S. The number of benzene rings is 1. The van der Waals surface area contributed by atoms with Crippen molar-refractivity contribution in [3.63, 3.8) is 0 Å². The van der Waals surface area contributed by atoms with E-state index in [1.165, 1.54) is 18.6 Å². The summed E-state index contributed by atoms with van der Waals surface area (Å²) in [6.07, 6.45) is 4.03. The number of nitrogens with two attached hydrogens (primary N) is 1. The van der Waals surface area contributed by atoms with Gasteiger partial charge in [0, 0.05) is 19.0 Å². The van der Waals surface area contributed by atoms with Gasteiger partial charge in [-0.1, -0.05) is 12.1 Å². The van der Waals surface area contributed by atoms with Crippen LogP contribution in [0.3, 0.4) is 0 Å². The van der Waals surface area contributed by atoms with Crippen molar-refractivity contribution in [2.75, 3.05) is 6.26 Å². The SMILES string of the molecule is Cc1cc(CN)ccc1-n1cc(S(C)(=O)=O)cn1. The van der Waals surface area contributed by atoms with Crippen molar-refractivity contribution in [3.8, 4) is 5.69 Å². The number of hydrogen-bond donors (Lipinski definition) is 1. The normalized spacial score (nSPS) is 11.7. The van der Waals surface area contributed by atoms with E-state index in [1.54, 1.807) is 4.68 Å². The van der Waals surface area contributed by atoms with E-state index in [0.29, 0.717) is 6.54 Å². The summed E-state index contributed by atoms with van der Waals surface area (Å²) < 4.78 is 24.3. The van der Waals surface area contributed by atoms with E-state index in [1.807, 2.05) is 25.1 Å². The Labute approximate surface area is 106 Å². The lowest BCUT2D eigenvalue weighted by Gasteiger charge is -2.07. The molecular weight excluding hydrogens is 250 g/mol. The maximum absolute atomic E-state index is 11.4. The molecule has 1 aromatic carbocycles. The van der Waals surface area contributed by atoms with Gasteiger partial charge in [0.05, 0.1) is 11.9 Å². The largest absolute Gasteiger partial charge is 0.326 e. The zero-order valence-electron chi connectivity index (χ0n) is 10.3. The van der Waals surface area contributed by atoms with Crippen molar-refractivity contribution in [1.29, 1.82) is 0 Å². The van der Waals surface area contributed by atoms with Crippen LogP contribution in [-0.4, -0.2) is 24.5 Å². The minimum absolute atomic E-state index is 0.213. The molecule has 0 aliphatic carbocycles. The number of nitrogens with zero attached hydrogens (tertiary/aromatic N) is 2. The Morgan fingerprint density at radius 3 is 2.61 bits per heavy atom. The van der Waals surface area contributed by atoms with E-state index in [9.17, 15) is 8.42 Å². The molecule has 0 fully saturated rings. The van der Waals surface area contributed by atoms with Gasteiger partial charge in [-0.2, -0.15) is 5.10 Å². The summed E-state index contributed by atoms with van der Waals surface area (Å²) in [7, 11) is -3.22. The van der Waals surface area contributed by atoms with Crippen molar-refractivity contribution >= 4 is 9.84 Å². The van der Waals surface area contributed by atoms with Crippen LogP contribution >= 0.6 is 0 Å².